The van der Waals surface area contributed by atoms with Crippen LogP contribution in [0.15, 0.2) is 35.2 Å². The van der Waals surface area contributed by atoms with Crippen molar-refractivity contribution >= 4 is 15.8 Å². The first kappa shape index (κ1) is 19.6. The number of alkyl halides is 3. The molecule has 0 unspecified atom stereocenters. The Morgan fingerprint density at radius 2 is 1.74 bits per heavy atom. The second kappa shape index (κ2) is 7.43. The van der Waals surface area contributed by atoms with E-state index in [-0.39, 0.29) is 11.4 Å². The maximum atomic E-state index is 12.6. The Labute approximate surface area is 155 Å². The van der Waals surface area contributed by atoms with E-state index in [9.17, 15) is 21.6 Å². The minimum atomic E-state index is -4.52. The van der Waals surface area contributed by atoms with Gasteiger partial charge in [0.15, 0.2) is 0 Å². The van der Waals surface area contributed by atoms with Gasteiger partial charge in [0.1, 0.15) is 11.6 Å². The summed E-state index contributed by atoms with van der Waals surface area (Å²) < 4.78 is 64.8. The molecule has 2 aromatic rings. The number of benzene rings is 1. The Kier molecular flexibility index (Phi) is 5.38. The molecule has 0 bridgehead atoms. The van der Waals surface area contributed by atoms with Crippen molar-refractivity contribution in [2.45, 2.75) is 37.4 Å². The Bertz CT molecular complexity index is 909. The van der Waals surface area contributed by atoms with Gasteiger partial charge in [0.05, 0.1) is 17.0 Å². The van der Waals surface area contributed by atoms with Crippen LogP contribution in [0.25, 0.3) is 0 Å². The van der Waals surface area contributed by atoms with Crippen molar-refractivity contribution in [2.75, 3.05) is 18.0 Å². The predicted octanol–water partition coefficient (Wildman–Crippen LogP) is 2.88. The number of hydrogen-bond donors (Lipinski definition) is 1. The van der Waals surface area contributed by atoms with Crippen molar-refractivity contribution in [3.63, 3.8) is 0 Å². The summed E-state index contributed by atoms with van der Waals surface area (Å²) in [6.07, 6.45) is -2.35. The molecule has 146 valence electrons. The van der Waals surface area contributed by atoms with Crippen molar-refractivity contribution in [3.8, 4) is 0 Å². The van der Waals surface area contributed by atoms with Gasteiger partial charge in [-0.2, -0.15) is 13.2 Å². The fourth-order valence-electron chi connectivity index (χ4n) is 2.87. The van der Waals surface area contributed by atoms with Gasteiger partial charge in [-0.05, 0) is 44.0 Å². The molecule has 1 aliphatic heterocycles. The van der Waals surface area contributed by atoms with Gasteiger partial charge in [-0.25, -0.2) is 23.1 Å². The molecule has 0 radical (unpaired) electrons. The predicted molar refractivity (Wildman–Crippen MR) is 93.7 cm³/mol. The van der Waals surface area contributed by atoms with E-state index in [1.165, 1.54) is 0 Å². The topological polar surface area (TPSA) is 75.2 Å². The molecule has 10 heteroatoms. The third-order valence-electron chi connectivity index (χ3n) is 4.23. The lowest BCUT2D eigenvalue weighted by Gasteiger charge is -2.17. The summed E-state index contributed by atoms with van der Waals surface area (Å²) in [5.74, 6) is 1.07. The highest BCUT2D eigenvalue weighted by Gasteiger charge is 2.30. The van der Waals surface area contributed by atoms with Crippen molar-refractivity contribution < 1.29 is 21.6 Å². The van der Waals surface area contributed by atoms with Gasteiger partial charge in [0.2, 0.25) is 10.0 Å². The third-order valence-corrected chi connectivity index (χ3v) is 5.65. The van der Waals surface area contributed by atoms with E-state index in [4.69, 9.17) is 0 Å². The van der Waals surface area contributed by atoms with Crippen molar-refractivity contribution in [3.05, 3.63) is 47.4 Å². The SMILES string of the molecule is Cc1cc(N2CCCC2)nc(CNS(=O)(=O)c2ccc(C(F)(F)F)cc2)n1. The highest BCUT2D eigenvalue weighted by Crippen LogP contribution is 2.29. The summed E-state index contributed by atoms with van der Waals surface area (Å²) in [4.78, 5) is 10.5. The number of nitrogens with zero attached hydrogens (tertiary/aromatic N) is 3. The van der Waals surface area contributed by atoms with Crippen LogP contribution in [0.1, 0.15) is 29.9 Å². The number of rotatable bonds is 5. The van der Waals surface area contributed by atoms with E-state index < -0.39 is 21.8 Å². The molecule has 2 heterocycles. The fraction of sp³-hybridized carbons (Fsp3) is 0.412. The van der Waals surface area contributed by atoms with Crippen molar-refractivity contribution in [2.24, 2.45) is 0 Å². The van der Waals surface area contributed by atoms with Gasteiger partial charge in [0.25, 0.3) is 0 Å². The second-order valence-electron chi connectivity index (χ2n) is 6.32. The molecular weight excluding hydrogens is 381 g/mol. The number of aromatic nitrogens is 2. The first-order valence-corrected chi connectivity index (χ1v) is 9.90. The number of anilines is 1. The van der Waals surface area contributed by atoms with E-state index in [1.54, 1.807) is 6.92 Å². The van der Waals surface area contributed by atoms with E-state index in [2.05, 4.69) is 19.6 Å². The Balaban J connectivity index is 1.73. The van der Waals surface area contributed by atoms with Crippen molar-refractivity contribution in [1.82, 2.24) is 14.7 Å². The van der Waals surface area contributed by atoms with Crippen LogP contribution in [0.3, 0.4) is 0 Å². The average molecular weight is 400 g/mol. The maximum Gasteiger partial charge on any atom is 0.416 e. The van der Waals surface area contributed by atoms with Crippen LogP contribution in [-0.4, -0.2) is 31.5 Å². The van der Waals surface area contributed by atoms with Gasteiger partial charge < -0.3 is 4.90 Å². The summed E-state index contributed by atoms with van der Waals surface area (Å²) >= 11 is 0. The molecular formula is C17H19F3N4O2S. The molecule has 0 atom stereocenters. The molecule has 1 aromatic carbocycles. The molecule has 27 heavy (non-hydrogen) atoms. The van der Waals surface area contributed by atoms with Gasteiger partial charge in [-0.15, -0.1) is 0 Å². The normalized spacial score (nSPS) is 15.3. The standard InChI is InChI=1S/C17H19F3N4O2S/c1-12-10-16(24-8-2-3-9-24)23-15(22-12)11-21-27(25,26)14-6-4-13(5-7-14)17(18,19)20/h4-7,10,21H,2-3,8-9,11H2,1H3. The Hall–Kier alpha value is -2.20. The van der Waals surface area contributed by atoms with Gasteiger partial charge in [-0.1, -0.05) is 0 Å². The minimum absolute atomic E-state index is 0.147. The second-order valence-corrected chi connectivity index (χ2v) is 8.09. The smallest absolute Gasteiger partial charge is 0.357 e. The lowest BCUT2D eigenvalue weighted by Crippen LogP contribution is -2.26. The first-order valence-electron chi connectivity index (χ1n) is 8.41. The maximum absolute atomic E-state index is 12.6. The largest absolute Gasteiger partial charge is 0.416 e. The van der Waals surface area contributed by atoms with E-state index in [0.29, 0.717) is 5.82 Å². The van der Waals surface area contributed by atoms with Crippen LogP contribution in [0, 0.1) is 6.92 Å². The lowest BCUT2D eigenvalue weighted by atomic mass is 10.2. The molecule has 6 nitrogen and oxygen atoms in total. The number of aryl methyl sites for hydroxylation is 1. The van der Waals surface area contributed by atoms with Gasteiger partial charge in [0, 0.05) is 24.8 Å². The van der Waals surface area contributed by atoms with Crippen LogP contribution >= 0.6 is 0 Å². The highest BCUT2D eigenvalue weighted by atomic mass is 32.2. The summed E-state index contributed by atoms with van der Waals surface area (Å²) in [6.45, 7) is 3.45. The van der Waals surface area contributed by atoms with Gasteiger partial charge >= 0.3 is 6.18 Å². The van der Waals surface area contributed by atoms with Crippen LogP contribution < -0.4 is 9.62 Å². The average Bonchev–Trinajstić information content (AvgIpc) is 3.14. The first-order chi connectivity index (χ1) is 12.6. The number of hydrogen-bond acceptors (Lipinski definition) is 5. The van der Waals surface area contributed by atoms with Crippen LogP contribution in [0.2, 0.25) is 0 Å². The summed E-state index contributed by atoms with van der Waals surface area (Å²) in [6, 6.07) is 5.18. The molecule has 0 amide bonds. The van der Waals surface area contributed by atoms with Crippen LogP contribution in [0.4, 0.5) is 19.0 Å². The molecule has 0 saturated carbocycles. The van der Waals surface area contributed by atoms with Crippen molar-refractivity contribution in [1.29, 1.82) is 0 Å². The van der Waals surface area contributed by atoms with E-state index in [0.717, 1.165) is 61.7 Å². The summed E-state index contributed by atoms with van der Waals surface area (Å²) in [5.41, 5.74) is -0.186. The third kappa shape index (κ3) is 4.75. The molecule has 0 aliphatic carbocycles. The molecule has 1 aromatic heterocycles. The number of nitrogens with one attached hydrogen (secondary N) is 1. The zero-order chi connectivity index (χ0) is 19.7. The number of sulfonamides is 1. The molecule has 1 saturated heterocycles. The monoisotopic (exact) mass is 400 g/mol. The van der Waals surface area contributed by atoms with Gasteiger partial charge in [-0.3, -0.25) is 0 Å². The molecule has 1 N–H and O–H groups in total. The zero-order valence-electron chi connectivity index (χ0n) is 14.6. The van der Waals surface area contributed by atoms with Crippen LogP contribution in [0.5, 0.6) is 0 Å². The quantitative estimate of drug-likeness (QED) is 0.835. The fourth-order valence-corrected chi connectivity index (χ4v) is 3.85. The minimum Gasteiger partial charge on any atom is -0.357 e. The molecule has 3 rings (SSSR count). The Morgan fingerprint density at radius 3 is 2.33 bits per heavy atom. The van der Waals surface area contributed by atoms with E-state index >= 15 is 0 Å². The highest BCUT2D eigenvalue weighted by molar-refractivity contribution is 7.89. The molecule has 1 fully saturated rings. The van der Waals surface area contributed by atoms with E-state index in [1.807, 2.05) is 6.07 Å². The molecule has 1 aliphatic rings. The number of halogens is 3. The zero-order valence-corrected chi connectivity index (χ0v) is 15.4. The van der Waals surface area contributed by atoms with Crippen LogP contribution in [-0.2, 0) is 22.7 Å². The summed E-state index contributed by atoms with van der Waals surface area (Å²) in [5, 5.41) is 0. The Morgan fingerprint density at radius 1 is 1.11 bits per heavy atom. The molecule has 0 spiro atoms. The summed E-state index contributed by atoms with van der Waals surface area (Å²) in [7, 11) is -3.98. The lowest BCUT2D eigenvalue weighted by molar-refractivity contribution is -0.137.